The Morgan fingerprint density at radius 1 is 0.421 bits per heavy atom. The average Bonchev–Trinajstić information content (AvgIpc) is 3.99. The molecule has 0 spiro atoms. The summed E-state index contributed by atoms with van der Waals surface area (Å²) in [6, 6.07) is 53.9. The van der Waals surface area contributed by atoms with Crippen LogP contribution >= 0.6 is 0 Å². The maximum Gasteiger partial charge on any atom is 0.167 e. The Hall–Kier alpha value is -7.90. The molecule has 12 aromatic rings. The number of fused-ring (bicyclic) bond motifs is 9. The first kappa shape index (κ1) is 31.5. The van der Waals surface area contributed by atoms with Crippen molar-refractivity contribution in [2.45, 2.75) is 0 Å². The van der Waals surface area contributed by atoms with Gasteiger partial charge in [0, 0.05) is 62.3 Å². The van der Waals surface area contributed by atoms with Crippen molar-refractivity contribution < 1.29 is 8.83 Å². The third-order valence-electron chi connectivity index (χ3n) is 11.0. The highest BCUT2D eigenvalue weighted by Gasteiger charge is 2.21. The molecule has 0 N–H and O–H groups in total. The van der Waals surface area contributed by atoms with Crippen LogP contribution in [0.5, 0.6) is 0 Å². The van der Waals surface area contributed by atoms with Crippen molar-refractivity contribution in [3.8, 4) is 51.0 Å². The molecule has 5 aromatic heterocycles. The lowest BCUT2D eigenvalue weighted by atomic mass is 9.98. The molecule has 7 heteroatoms. The highest BCUT2D eigenvalue weighted by molar-refractivity contribution is 6.15. The SMILES string of the molecule is c1cc(-c2nc(-c3cccc4c3oc3ccccc34)nc(-c3cccc4c3oc3ccccc34)n2)cc(-c2cn(-c3ccncc3)c3ccc4ccccc4c23)c1. The monoisotopic (exact) mass is 731 g/mol. The van der Waals surface area contributed by atoms with Crippen LogP contribution in [0.15, 0.2) is 185 Å². The van der Waals surface area contributed by atoms with Crippen molar-refractivity contribution in [3.05, 3.63) is 176 Å². The highest BCUT2D eigenvalue weighted by Crippen LogP contribution is 2.41. The van der Waals surface area contributed by atoms with Gasteiger partial charge in [0.1, 0.15) is 22.3 Å². The molecule has 0 aliphatic rings. The Kier molecular flexibility index (Phi) is 6.79. The topological polar surface area (TPSA) is 82.8 Å². The lowest BCUT2D eigenvalue weighted by Gasteiger charge is -2.10. The van der Waals surface area contributed by atoms with Crippen LogP contribution in [0, 0.1) is 0 Å². The quantitative estimate of drug-likeness (QED) is 0.175. The van der Waals surface area contributed by atoms with E-state index in [1.54, 1.807) is 0 Å². The van der Waals surface area contributed by atoms with Crippen LogP contribution in [0.3, 0.4) is 0 Å². The minimum absolute atomic E-state index is 0.512. The standard InChI is InChI=1S/C50H29N5O2/c1-2-13-34-30(10-1)22-23-42-45(34)41(29-55(42)33-24-26-51-27-25-33)31-11-7-12-32(28-31)48-52-49(39-18-8-16-37-35-14-3-5-20-43(35)56-46(37)39)54-50(53-48)40-19-9-17-38-36-15-4-6-21-44(36)57-47(38)40/h1-29H. The molecular weight excluding hydrogens is 703 g/mol. The number of benzene rings is 7. The fourth-order valence-corrected chi connectivity index (χ4v) is 8.36. The minimum Gasteiger partial charge on any atom is -0.455 e. The van der Waals surface area contributed by atoms with Gasteiger partial charge < -0.3 is 13.4 Å². The summed E-state index contributed by atoms with van der Waals surface area (Å²) in [7, 11) is 0. The van der Waals surface area contributed by atoms with Gasteiger partial charge in [-0.15, -0.1) is 0 Å². The van der Waals surface area contributed by atoms with Gasteiger partial charge >= 0.3 is 0 Å². The summed E-state index contributed by atoms with van der Waals surface area (Å²) in [6.07, 6.45) is 5.88. The summed E-state index contributed by atoms with van der Waals surface area (Å²) >= 11 is 0. The second-order valence-corrected chi connectivity index (χ2v) is 14.2. The molecule has 5 heterocycles. The van der Waals surface area contributed by atoms with E-state index < -0.39 is 0 Å². The number of hydrogen-bond acceptors (Lipinski definition) is 6. The van der Waals surface area contributed by atoms with Crippen molar-refractivity contribution >= 4 is 65.6 Å². The molecule has 0 bridgehead atoms. The van der Waals surface area contributed by atoms with E-state index in [0.717, 1.165) is 82.9 Å². The van der Waals surface area contributed by atoms with Gasteiger partial charge in [0.05, 0.1) is 16.6 Å². The highest BCUT2D eigenvalue weighted by atomic mass is 16.3. The molecule has 0 fully saturated rings. The van der Waals surface area contributed by atoms with Gasteiger partial charge in [-0.3, -0.25) is 4.98 Å². The smallest absolute Gasteiger partial charge is 0.167 e. The molecule has 0 aliphatic heterocycles. The summed E-state index contributed by atoms with van der Waals surface area (Å²) in [5.74, 6) is 1.57. The molecule has 0 saturated carbocycles. The van der Waals surface area contributed by atoms with Gasteiger partial charge in [0.25, 0.3) is 0 Å². The fourth-order valence-electron chi connectivity index (χ4n) is 8.36. The summed E-state index contributed by atoms with van der Waals surface area (Å²) in [6.45, 7) is 0. The molecule has 0 unspecified atom stereocenters. The number of nitrogens with zero attached hydrogens (tertiary/aromatic N) is 5. The number of rotatable bonds is 5. The Bertz CT molecular complexity index is 3410. The molecule has 12 rings (SSSR count). The molecule has 7 nitrogen and oxygen atoms in total. The Balaban J connectivity index is 1.10. The van der Waals surface area contributed by atoms with Crippen molar-refractivity contribution in [1.82, 2.24) is 24.5 Å². The number of furan rings is 2. The van der Waals surface area contributed by atoms with E-state index in [4.69, 9.17) is 23.8 Å². The summed E-state index contributed by atoms with van der Waals surface area (Å²) in [5.41, 5.74) is 9.82. The Morgan fingerprint density at radius 2 is 0.982 bits per heavy atom. The number of pyridine rings is 1. The van der Waals surface area contributed by atoms with E-state index in [-0.39, 0.29) is 0 Å². The first-order chi connectivity index (χ1) is 28.2. The largest absolute Gasteiger partial charge is 0.455 e. The maximum atomic E-state index is 6.51. The van der Waals surface area contributed by atoms with Crippen LogP contribution in [0.4, 0.5) is 0 Å². The van der Waals surface area contributed by atoms with Crippen LogP contribution in [0.2, 0.25) is 0 Å². The van der Waals surface area contributed by atoms with Gasteiger partial charge in [0.15, 0.2) is 17.5 Å². The van der Waals surface area contributed by atoms with Gasteiger partial charge in [0.2, 0.25) is 0 Å². The zero-order chi connectivity index (χ0) is 37.5. The van der Waals surface area contributed by atoms with E-state index in [1.165, 1.54) is 16.2 Å². The molecule has 57 heavy (non-hydrogen) atoms. The van der Waals surface area contributed by atoms with Gasteiger partial charge in [-0.25, -0.2) is 15.0 Å². The normalized spacial score (nSPS) is 11.9. The molecule has 0 aliphatic carbocycles. The van der Waals surface area contributed by atoms with Crippen LogP contribution < -0.4 is 0 Å². The summed E-state index contributed by atoms with van der Waals surface area (Å²) in [5, 5.41) is 7.64. The second-order valence-electron chi connectivity index (χ2n) is 14.2. The molecular formula is C50H29N5O2. The zero-order valence-corrected chi connectivity index (χ0v) is 30.3. The Morgan fingerprint density at radius 3 is 1.67 bits per heavy atom. The van der Waals surface area contributed by atoms with Crippen molar-refractivity contribution in [1.29, 1.82) is 0 Å². The summed E-state index contributed by atoms with van der Waals surface area (Å²) < 4.78 is 15.3. The van der Waals surface area contributed by atoms with E-state index in [9.17, 15) is 0 Å². The average molecular weight is 732 g/mol. The van der Waals surface area contributed by atoms with Crippen molar-refractivity contribution in [2.75, 3.05) is 0 Å². The van der Waals surface area contributed by atoms with E-state index in [1.807, 2.05) is 85.2 Å². The molecule has 0 saturated heterocycles. The van der Waals surface area contributed by atoms with Gasteiger partial charge in [-0.1, -0.05) is 109 Å². The molecule has 0 atom stereocenters. The third-order valence-corrected chi connectivity index (χ3v) is 11.0. The van der Waals surface area contributed by atoms with Crippen LogP contribution in [0.25, 0.3) is 117 Å². The van der Waals surface area contributed by atoms with E-state index in [0.29, 0.717) is 17.5 Å². The first-order valence-electron chi connectivity index (χ1n) is 18.9. The summed E-state index contributed by atoms with van der Waals surface area (Å²) in [4.78, 5) is 19.9. The fraction of sp³-hybridized carbons (Fsp3) is 0. The maximum absolute atomic E-state index is 6.51. The van der Waals surface area contributed by atoms with E-state index in [2.05, 4.69) is 101 Å². The molecule has 7 aromatic carbocycles. The van der Waals surface area contributed by atoms with Crippen LogP contribution in [-0.4, -0.2) is 24.5 Å². The predicted molar refractivity (Wildman–Crippen MR) is 228 cm³/mol. The van der Waals surface area contributed by atoms with Crippen LogP contribution in [-0.2, 0) is 0 Å². The van der Waals surface area contributed by atoms with Crippen LogP contribution in [0.1, 0.15) is 0 Å². The number of hydrogen-bond donors (Lipinski definition) is 0. The van der Waals surface area contributed by atoms with Gasteiger partial charge in [-0.05, 0) is 64.9 Å². The van der Waals surface area contributed by atoms with Gasteiger partial charge in [-0.2, -0.15) is 0 Å². The number of para-hydroxylation sites is 4. The van der Waals surface area contributed by atoms with Crippen molar-refractivity contribution in [3.63, 3.8) is 0 Å². The zero-order valence-electron chi connectivity index (χ0n) is 30.3. The number of aromatic nitrogens is 5. The Labute approximate surface area is 325 Å². The second kappa shape index (κ2) is 12.3. The van der Waals surface area contributed by atoms with Crippen molar-refractivity contribution in [2.24, 2.45) is 0 Å². The predicted octanol–water partition coefficient (Wildman–Crippen LogP) is 12.8. The third kappa shape index (κ3) is 4.92. The molecule has 266 valence electrons. The lowest BCUT2D eigenvalue weighted by molar-refractivity contribution is 0.669. The molecule has 0 radical (unpaired) electrons. The lowest BCUT2D eigenvalue weighted by Crippen LogP contribution is -2.00. The minimum atomic E-state index is 0.512. The van der Waals surface area contributed by atoms with E-state index >= 15 is 0 Å². The first-order valence-corrected chi connectivity index (χ1v) is 18.9. The molecule has 0 amide bonds.